The van der Waals surface area contributed by atoms with E-state index in [0.717, 1.165) is 30.8 Å². The number of nitrogens with one attached hydrogen (secondary N) is 2. The number of H-pyrrole nitrogens is 1. The van der Waals surface area contributed by atoms with Crippen LogP contribution in [0.5, 0.6) is 5.75 Å². The minimum atomic E-state index is -3.34. The lowest BCUT2D eigenvalue weighted by molar-refractivity contribution is 0.309. The number of anilines is 1. The van der Waals surface area contributed by atoms with Crippen LogP contribution >= 0.6 is 11.6 Å². The maximum absolute atomic E-state index is 12.4. The molecule has 2 aromatic heterocycles. The minimum Gasteiger partial charge on any atom is -0.494 e. The molecule has 0 aliphatic heterocycles. The zero-order valence-corrected chi connectivity index (χ0v) is 23.1. The van der Waals surface area contributed by atoms with Gasteiger partial charge in [0.1, 0.15) is 10.8 Å². The van der Waals surface area contributed by atoms with Gasteiger partial charge < -0.3 is 4.74 Å². The summed E-state index contributed by atoms with van der Waals surface area (Å²) in [5.74, 6) is 1.65. The first-order valence-electron chi connectivity index (χ1n) is 13.2. The smallest absolute Gasteiger partial charge is 0.232 e. The largest absolute Gasteiger partial charge is 0.494 e. The van der Waals surface area contributed by atoms with Gasteiger partial charge in [-0.1, -0.05) is 76.3 Å². The van der Waals surface area contributed by atoms with Gasteiger partial charge in [0, 0.05) is 12.1 Å². The van der Waals surface area contributed by atoms with Crippen LogP contribution in [0.4, 0.5) is 5.69 Å². The third-order valence-electron chi connectivity index (χ3n) is 6.24. The highest BCUT2D eigenvalue weighted by atomic mass is 35.5. The van der Waals surface area contributed by atoms with Crippen LogP contribution in [0.15, 0.2) is 24.3 Å². The Bertz CT molecular complexity index is 1160. The Morgan fingerprint density at radius 1 is 0.944 bits per heavy atom. The Kier molecular flexibility index (Phi) is 11.4. The van der Waals surface area contributed by atoms with E-state index in [1.165, 1.54) is 44.9 Å². The van der Waals surface area contributed by atoms with Crippen LogP contribution in [-0.2, 0) is 16.4 Å². The van der Waals surface area contributed by atoms with Gasteiger partial charge >= 0.3 is 0 Å². The minimum absolute atomic E-state index is 0.156. The average Bonchev–Trinajstić information content (AvgIpc) is 3.37. The number of benzene rings is 1. The molecule has 0 saturated carbocycles. The van der Waals surface area contributed by atoms with Gasteiger partial charge in [-0.2, -0.15) is 0 Å². The highest BCUT2D eigenvalue weighted by molar-refractivity contribution is 7.92. The number of nitrogens with zero attached hydrogens (tertiary/aromatic N) is 3. The van der Waals surface area contributed by atoms with Crippen LogP contribution in [0.2, 0.25) is 5.02 Å². The van der Waals surface area contributed by atoms with Gasteiger partial charge in [-0.3, -0.25) is 9.82 Å². The molecule has 0 bridgehead atoms. The van der Waals surface area contributed by atoms with Crippen molar-refractivity contribution in [3.05, 3.63) is 40.8 Å². The fourth-order valence-corrected chi connectivity index (χ4v) is 5.52. The molecule has 0 aliphatic rings. The molecule has 10 heteroatoms. The van der Waals surface area contributed by atoms with Crippen LogP contribution in [-0.4, -0.2) is 40.6 Å². The van der Waals surface area contributed by atoms with E-state index in [-0.39, 0.29) is 5.75 Å². The molecule has 2 heterocycles. The van der Waals surface area contributed by atoms with Gasteiger partial charge in [0.05, 0.1) is 18.1 Å². The van der Waals surface area contributed by atoms with Crippen molar-refractivity contribution in [2.75, 3.05) is 17.1 Å². The van der Waals surface area contributed by atoms with Crippen LogP contribution in [0.25, 0.3) is 5.65 Å². The predicted octanol–water partition coefficient (Wildman–Crippen LogP) is 6.69. The van der Waals surface area contributed by atoms with E-state index in [1.807, 2.05) is 6.92 Å². The van der Waals surface area contributed by atoms with Crippen LogP contribution in [0, 0.1) is 6.92 Å². The number of hydrogen-bond acceptors (Lipinski definition) is 5. The first-order chi connectivity index (χ1) is 17.4. The number of halogens is 1. The molecular formula is C26H40ClN5O3S. The van der Waals surface area contributed by atoms with Crippen molar-refractivity contribution in [3.8, 4) is 5.75 Å². The van der Waals surface area contributed by atoms with E-state index < -0.39 is 10.0 Å². The molecule has 0 aliphatic carbocycles. The van der Waals surface area contributed by atoms with Gasteiger partial charge in [0.25, 0.3) is 0 Å². The van der Waals surface area contributed by atoms with Gasteiger partial charge in [0.15, 0.2) is 11.5 Å². The molecule has 2 N–H and O–H groups in total. The van der Waals surface area contributed by atoms with Crippen molar-refractivity contribution in [1.82, 2.24) is 19.8 Å². The van der Waals surface area contributed by atoms with Crippen LogP contribution in [0.1, 0.15) is 89.1 Å². The number of unbranched alkanes of at least 4 members (excludes halogenated alkanes) is 9. The molecule has 1 aromatic carbocycles. The van der Waals surface area contributed by atoms with E-state index in [2.05, 4.69) is 26.9 Å². The molecule has 200 valence electrons. The fraction of sp³-hybridized carbons (Fsp3) is 0.615. The number of ether oxygens (including phenoxy) is 1. The number of fused-ring (bicyclic) bond motifs is 1. The zero-order valence-electron chi connectivity index (χ0n) is 21.6. The quantitative estimate of drug-likeness (QED) is 0.176. The van der Waals surface area contributed by atoms with Crippen molar-refractivity contribution in [2.45, 2.75) is 90.9 Å². The van der Waals surface area contributed by atoms with Gasteiger partial charge in [-0.05, 0) is 44.0 Å². The van der Waals surface area contributed by atoms with Crippen molar-refractivity contribution < 1.29 is 13.2 Å². The van der Waals surface area contributed by atoms with Crippen molar-refractivity contribution in [3.63, 3.8) is 0 Å². The summed E-state index contributed by atoms with van der Waals surface area (Å²) in [5, 5.41) is 12.0. The SMILES string of the molecule is CCCCCCCCCCCCS(=O)(=O)Nc1ccc(OCCCc2nnc3c(Cl)c(C)[nH]n23)cc1. The van der Waals surface area contributed by atoms with E-state index in [9.17, 15) is 8.42 Å². The lowest BCUT2D eigenvalue weighted by atomic mass is 10.1. The van der Waals surface area contributed by atoms with E-state index in [4.69, 9.17) is 16.3 Å². The maximum Gasteiger partial charge on any atom is 0.232 e. The number of aromatic amines is 1. The standard InChI is InChI=1S/C26H40ClN5O3S/c1-3-4-5-6-7-8-9-10-11-12-20-36(33,34)31-22-15-17-23(18-16-22)35-19-13-14-24-28-29-26-25(27)21(2)30-32(24)26/h15-18,30-31H,3-14,19-20H2,1-2H3. The second-order valence-corrected chi connectivity index (χ2v) is 11.6. The second-order valence-electron chi connectivity index (χ2n) is 9.41. The van der Waals surface area contributed by atoms with Crippen molar-refractivity contribution in [1.29, 1.82) is 0 Å². The van der Waals surface area contributed by atoms with E-state index in [1.54, 1.807) is 28.8 Å². The number of sulfonamides is 1. The predicted molar refractivity (Wildman–Crippen MR) is 147 cm³/mol. The molecule has 0 unspecified atom stereocenters. The zero-order chi connectivity index (χ0) is 25.8. The monoisotopic (exact) mass is 537 g/mol. The third kappa shape index (κ3) is 9.00. The first kappa shape index (κ1) is 28.3. The van der Waals surface area contributed by atoms with Gasteiger partial charge in [0.2, 0.25) is 10.0 Å². The summed E-state index contributed by atoms with van der Waals surface area (Å²) in [6, 6.07) is 7.03. The molecule has 36 heavy (non-hydrogen) atoms. The lowest BCUT2D eigenvalue weighted by Gasteiger charge is -2.10. The van der Waals surface area contributed by atoms with E-state index in [0.29, 0.717) is 41.6 Å². The van der Waals surface area contributed by atoms with Crippen LogP contribution in [0.3, 0.4) is 0 Å². The van der Waals surface area contributed by atoms with Crippen molar-refractivity contribution >= 4 is 33.0 Å². The molecular weight excluding hydrogens is 498 g/mol. The summed E-state index contributed by atoms with van der Waals surface area (Å²) in [4.78, 5) is 0. The number of aromatic nitrogens is 4. The summed E-state index contributed by atoms with van der Waals surface area (Å²) in [5.41, 5.74) is 2.05. The summed E-state index contributed by atoms with van der Waals surface area (Å²) in [6.07, 6.45) is 13.2. The molecule has 8 nitrogen and oxygen atoms in total. The molecule has 0 radical (unpaired) electrons. The summed E-state index contributed by atoms with van der Waals surface area (Å²) < 4.78 is 35.1. The summed E-state index contributed by atoms with van der Waals surface area (Å²) in [7, 11) is -3.34. The maximum atomic E-state index is 12.4. The molecule has 3 aromatic rings. The average molecular weight is 538 g/mol. The van der Waals surface area contributed by atoms with Crippen molar-refractivity contribution in [2.24, 2.45) is 0 Å². The summed E-state index contributed by atoms with van der Waals surface area (Å²) >= 11 is 6.19. The number of hydrogen-bond donors (Lipinski definition) is 2. The highest BCUT2D eigenvalue weighted by Crippen LogP contribution is 2.21. The molecule has 3 rings (SSSR count). The molecule has 0 atom stereocenters. The number of rotatable bonds is 18. The molecule has 0 amide bonds. The van der Waals surface area contributed by atoms with Gasteiger partial charge in [-0.25, -0.2) is 12.9 Å². The Hall–Kier alpha value is -2.26. The molecule has 0 fully saturated rings. The molecule has 0 spiro atoms. The van der Waals surface area contributed by atoms with Gasteiger partial charge in [-0.15, -0.1) is 10.2 Å². The summed E-state index contributed by atoms with van der Waals surface area (Å²) in [6.45, 7) is 4.63. The molecule has 0 saturated heterocycles. The third-order valence-corrected chi connectivity index (χ3v) is 8.07. The fourth-order valence-electron chi connectivity index (χ4n) is 4.17. The van der Waals surface area contributed by atoms with Crippen LogP contribution < -0.4 is 9.46 Å². The Morgan fingerprint density at radius 2 is 1.58 bits per heavy atom. The topological polar surface area (TPSA) is 101 Å². The normalized spacial score (nSPS) is 11.9. The first-order valence-corrected chi connectivity index (χ1v) is 15.2. The second kappa shape index (κ2) is 14.5. The Labute approximate surface area is 220 Å². The van der Waals surface area contributed by atoms with E-state index >= 15 is 0 Å². The number of aryl methyl sites for hydroxylation is 2. The highest BCUT2D eigenvalue weighted by Gasteiger charge is 2.13. The Morgan fingerprint density at radius 3 is 2.25 bits per heavy atom. The Balaban J connectivity index is 1.29. The lowest BCUT2D eigenvalue weighted by Crippen LogP contribution is -2.16.